The van der Waals surface area contributed by atoms with Gasteiger partial charge < -0.3 is 5.11 Å². The average Bonchev–Trinajstić information content (AvgIpc) is 2.97. The zero-order valence-corrected chi connectivity index (χ0v) is 15.0. The van der Waals surface area contributed by atoms with Crippen LogP contribution in [0.4, 0.5) is 0 Å². The highest BCUT2D eigenvalue weighted by molar-refractivity contribution is 5.95. The Labute approximate surface area is 152 Å². The van der Waals surface area contributed by atoms with Crippen LogP contribution >= 0.6 is 0 Å². The number of hydrogen-bond acceptors (Lipinski definition) is 2. The predicted octanol–water partition coefficient (Wildman–Crippen LogP) is 3.65. The van der Waals surface area contributed by atoms with Crippen molar-refractivity contribution in [2.45, 2.75) is 33.4 Å². The van der Waals surface area contributed by atoms with E-state index >= 15 is 0 Å². The summed E-state index contributed by atoms with van der Waals surface area (Å²) in [5, 5.41) is 9.35. The van der Waals surface area contributed by atoms with Crippen molar-refractivity contribution in [2.75, 3.05) is 0 Å². The number of aryl methyl sites for hydroxylation is 2. The topological polar surface area (TPSA) is 64.2 Å². The molecule has 3 aromatic rings. The second-order valence-electron chi connectivity index (χ2n) is 6.18. The van der Waals surface area contributed by atoms with Crippen LogP contribution in [0.15, 0.2) is 59.5 Å². The number of aromatic nitrogens is 2. The van der Waals surface area contributed by atoms with Crippen molar-refractivity contribution >= 4 is 5.97 Å². The van der Waals surface area contributed by atoms with Gasteiger partial charge in [-0.2, -0.15) is 0 Å². The largest absolute Gasteiger partial charge is 0.478 e. The molecule has 26 heavy (non-hydrogen) atoms. The standard InChI is InChI=1S/C21H22N2O3/c1-3-17-14-22(4-2)21(26)23(17)13-15-9-11-16(12-10-15)18-7-5-6-8-19(18)20(24)25/h5-12,14H,3-4,13H2,1-2H3,(H,24,25). The van der Waals surface area contributed by atoms with E-state index in [4.69, 9.17) is 0 Å². The molecule has 0 aliphatic rings. The second-order valence-corrected chi connectivity index (χ2v) is 6.18. The molecule has 5 heteroatoms. The molecule has 0 unspecified atom stereocenters. The van der Waals surface area contributed by atoms with Gasteiger partial charge >= 0.3 is 11.7 Å². The van der Waals surface area contributed by atoms with Gasteiger partial charge in [-0.15, -0.1) is 0 Å². The Morgan fingerprint density at radius 2 is 1.73 bits per heavy atom. The molecular weight excluding hydrogens is 328 g/mol. The van der Waals surface area contributed by atoms with Gasteiger partial charge in [0.2, 0.25) is 0 Å². The van der Waals surface area contributed by atoms with Gasteiger partial charge in [-0.3, -0.25) is 9.13 Å². The molecule has 1 N–H and O–H groups in total. The van der Waals surface area contributed by atoms with Crippen molar-refractivity contribution in [3.05, 3.63) is 82.0 Å². The second kappa shape index (κ2) is 7.44. The minimum absolute atomic E-state index is 0.00430. The Hall–Kier alpha value is -3.08. The van der Waals surface area contributed by atoms with Crippen LogP contribution in [0.2, 0.25) is 0 Å². The maximum atomic E-state index is 12.5. The van der Waals surface area contributed by atoms with Gasteiger partial charge in [0.15, 0.2) is 0 Å². The zero-order chi connectivity index (χ0) is 18.7. The monoisotopic (exact) mass is 350 g/mol. The van der Waals surface area contributed by atoms with Gasteiger partial charge in [-0.1, -0.05) is 49.4 Å². The van der Waals surface area contributed by atoms with Crippen LogP contribution in [-0.4, -0.2) is 20.2 Å². The molecule has 2 aromatic carbocycles. The third-order valence-electron chi connectivity index (χ3n) is 4.59. The summed E-state index contributed by atoms with van der Waals surface area (Å²) >= 11 is 0. The summed E-state index contributed by atoms with van der Waals surface area (Å²) in [5.74, 6) is -0.940. The minimum Gasteiger partial charge on any atom is -0.478 e. The van der Waals surface area contributed by atoms with Crippen molar-refractivity contribution in [3.63, 3.8) is 0 Å². The van der Waals surface area contributed by atoms with Crippen LogP contribution in [0.1, 0.15) is 35.5 Å². The first-order chi connectivity index (χ1) is 12.5. The predicted molar refractivity (Wildman–Crippen MR) is 102 cm³/mol. The summed E-state index contributed by atoms with van der Waals surface area (Å²) < 4.78 is 3.51. The molecule has 0 bridgehead atoms. The number of rotatable bonds is 6. The van der Waals surface area contributed by atoms with Gasteiger partial charge in [-0.25, -0.2) is 9.59 Å². The highest BCUT2D eigenvalue weighted by Gasteiger charge is 2.12. The van der Waals surface area contributed by atoms with Crippen molar-refractivity contribution in [1.29, 1.82) is 0 Å². The van der Waals surface area contributed by atoms with E-state index in [1.54, 1.807) is 27.3 Å². The van der Waals surface area contributed by atoms with Gasteiger partial charge in [0.25, 0.3) is 0 Å². The number of nitrogens with zero attached hydrogens (tertiary/aromatic N) is 2. The van der Waals surface area contributed by atoms with Crippen LogP contribution in [0.3, 0.4) is 0 Å². The van der Waals surface area contributed by atoms with Gasteiger partial charge in [0.1, 0.15) is 0 Å². The first-order valence-electron chi connectivity index (χ1n) is 8.75. The summed E-state index contributed by atoms with van der Waals surface area (Å²) in [6.07, 6.45) is 2.71. The fourth-order valence-electron chi connectivity index (χ4n) is 3.15. The van der Waals surface area contributed by atoms with Gasteiger partial charge in [0.05, 0.1) is 12.1 Å². The molecule has 0 spiro atoms. The Morgan fingerprint density at radius 1 is 1.04 bits per heavy atom. The molecule has 0 saturated heterocycles. The molecule has 0 atom stereocenters. The van der Waals surface area contributed by atoms with E-state index in [2.05, 4.69) is 0 Å². The minimum atomic E-state index is -0.940. The van der Waals surface area contributed by atoms with Crippen molar-refractivity contribution < 1.29 is 9.90 Å². The molecular formula is C21H22N2O3. The fraction of sp³-hybridized carbons (Fsp3) is 0.238. The lowest BCUT2D eigenvalue weighted by Crippen LogP contribution is -2.25. The first kappa shape index (κ1) is 17.7. The molecule has 3 rings (SSSR count). The summed E-state index contributed by atoms with van der Waals surface area (Å²) in [7, 11) is 0. The van der Waals surface area contributed by atoms with Crippen LogP contribution in [0.5, 0.6) is 0 Å². The maximum Gasteiger partial charge on any atom is 0.336 e. The summed E-state index contributed by atoms with van der Waals surface area (Å²) in [5.41, 5.74) is 3.84. The molecule has 5 nitrogen and oxygen atoms in total. The van der Waals surface area contributed by atoms with E-state index in [9.17, 15) is 14.7 Å². The zero-order valence-electron chi connectivity index (χ0n) is 15.0. The number of benzene rings is 2. The highest BCUT2D eigenvalue weighted by atomic mass is 16.4. The number of imidazole rings is 1. The van der Waals surface area contributed by atoms with E-state index in [0.29, 0.717) is 18.7 Å². The van der Waals surface area contributed by atoms with Crippen LogP contribution < -0.4 is 5.69 Å². The van der Waals surface area contributed by atoms with E-state index < -0.39 is 5.97 Å². The molecule has 134 valence electrons. The van der Waals surface area contributed by atoms with E-state index in [1.165, 1.54) is 0 Å². The van der Waals surface area contributed by atoms with Crippen LogP contribution in [0, 0.1) is 0 Å². The lowest BCUT2D eigenvalue weighted by Gasteiger charge is -2.09. The van der Waals surface area contributed by atoms with Crippen molar-refractivity contribution in [2.24, 2.45) is 0 Å². The number of hydrogen-bond donors (Lipinski definition) is 1. The van der Waals surface area contributed by atoms with Crippen LogP contribution in [-0.2, 0) is 19.5 Å². The molecule has 1 heterocycles. The Bertz CT molecular complexity index is 981. The fourth-order valence-corrected chi connectivity index (χ4v) is 3.15. The number of carbonyl (C=O) groups is 1. The van der Waals surface area contributed by atoms with Crippen molar-refractivity contribution in [1.82, 2.24) is 9.13 Å². The maximum absolute atomic E-state index is 12.5. The Kier molecular flexibility index (Phi) is 5.07. The molecule has 0 fully saturated rings. The first-order valence-corrected chi connectivity index (χ1v) is 8.75. The Morgan fingerprint density at radius 3 is 2.35 bits per heavy atom. The third-order valence-corrected chi connectivity index (χ3v) is 4.59. The van der Waals surface area contributed by atoms with E-state index in [-0.39, 0.29) is 11.3 Å². The number of carboxylic acid groups (broad SMARTS) is 1. The summed E-state index contributed by atoms with van der Waals surface area (Å²) in [4.78, 5) is 23.9. The quantitative estimate of drug-likeness (QED) is 0.738. The van der Waals surface area contributed by atoms with E-state index in [1.807, 2.05) is 50.4 Å². The molecule has 0 radical (unpaired) electrons. The average molecular weight is 350 g/mol. The lowest BCUT2D eigenvalue weighted by atomic mass is 9.99. The lowest BCUT2D eigenvalue weighted by molar-refractivity contribution is 0.0697. The summed E-state index contributed by atoms with van der Waals surface area (Å²) in [6.45, 7) is 5.16. The molecule has 0 aliphatic carbocycles. The van der Waals surface area contributed by atoms with Crippen molar-refractivity contribution in [3.8, 4) is 11.1 Å². The normalized spacial score (nSPS) is 10.8. The number of aromatic carboxylic acids is 1. The summed E-state index contributed by atoms with van der Waals surface area (Å²) in [6, 6.07) is 14.7. The molecule has 1 aromatic heterocycles. The smallest absolute Gasteiger partial charge is 0.336 e. The number of carboxylic acids is 1. The SMILES string of the molecule is CCc1cn(CC)c(=O)n1Cc1ccc(-c2ccccc2C(=O)O)cc1. The molecule has 0 amide bonds. The van der Waals surface area contributed by atoms with E-state index in [0.717, 1.165) is 23.2 Å². The highest BCUT2D eigenvalue weighted by Crippen LogP contribution is 2.24. The van der Waals surface area contributed by atoms with Crippen LogP contribution in [0.25, 0.3) is 11.1 Å². The third kappa shape index (κ3) is 3.33. The molecule has 0 saturated carbocycles. The molecule has 0 aliphatic heterocycles. The van der Waals surface area contributed by atoms with Gasteiger partial charge in [-0.05, 0) is 36.1 Å². The van der Waals surface area contributed by atoms with Gasteiger partial charge in [0, 0.05) is 18.4 Å². The Balaban J connectivity index is 1.91.